The second-order valence-corrected chi connectivity index (χ2v) is 12.3. The average molecular weight is 618 g/mol. The first-order valence-corrected chi connectivity index (χ1v) is 15.8. The molecule has 238 valence electrons. The van der Waals surface area contributed by atoms with Crippen LogP contribution in [0.1, 0.15) is 91.1 Å². The third-order valence-corrected chi connectivity index (χ3v) is 9.34. The van der Waals surface area contributed by atoms with E-state index in [9.17, 15) is 22.8 Å². The fourth-order valence-corrected chi connectivity index (χ4v) is 6.39. The van der Waals surface area contributed by atoms with Crippen LogP contribution >= 0.6 is 0 Å². The van der Waals surface area contributed by atoms with Crippen LogP contribution in [-0.4, -0.2) is 10.5 Å². The average Bonchev–Trinajstić information content (AvgIpc) is 2.95. The smallest absolute Gasteiger partial charge is 0.261 e. The lowest BCUT2D eigenvalue weighted by Gasteiger charge is -2.35. The highest BCUT2D eigenvalue weighted by Gasteiger charge is 2.32. The molecule has 2 aliphatic rings. The Morgan fingerprint density at radius 1 is 0.911 bits per heavy atom. The second kappa shape index (κ2) is 13.9. The molecule has 1 amide bonds. The fourth-order valence-electron chi connectivity index (χ4n) is 6.39. The first kappa shape index (κ1) is 32.3. The number of pyridine rings is 1. The van der Waals surface area contributed by atoms with Crippen LogP contribution in [-0.2, 0) is 6.54 Å². The number of rotatable bonds is 8. The molecule has 3 aromatic carbocycles. The Morgan fingerprint density at radius 3 is 2.07 bits per heavy atom. The maximum absolute atomic E-state index is 14.7. The molecule has 4 aromatic rings. The Bertz CT molecular complexity index is 1750. The van der Waals surface area contributed by atoms with E-state index < -0.39 is 17.3 Å². The number of anilines is 1. The summed E-state index contributed by atoms with van der Waals surface area (Å²) >= 11 is 0. The van der Waals surface area contributed by atoms with E-state index in [4.69, 9.17) is 11.5 Å². The Kier molecular flexibility index (Phi) is 9.97. The maximum atomic E-state index is 14.7. The molecule has 6 nitrogen and oxygen atoms in total. The van der Waals surface area contributed by atoms with E-state index in [0.29, 0.717) is 30.1 Å². The third-order valence-electron chi connectivity index (χ3n) is 9.34. The quantitative estimate of drug-likeness (QED) is 0.178. The summed E-state index contributed by atoms with van der Waals surface area (Å²) in [5, 5.41) is 3.00. The summed E-state index contributed by atoms with van der Waals surface area (Å²) < 4.78 is 42.9. The number of nitrogens with zero attached hydrogens (tertiary/aromatic N) is 1. The van der Waals surface area contributed by atoms with E-state index in [1.807, 2.05) is 13.0 Å². The highest BCUT2D eigenvalue weighted by Crippen LogP contribution is 2.39. The van der Waals surface area contributed by atoms with Crippen molar-refractivity contribution in [2.75, 3.05) is 5.73 Å². The van der Waals surface area contributed by atoms with Gasteiger partial charge in [-0.25, -0.2) is 13.2 Å². The summed E-state index contributed by atoms with van der Waals surface area (Å²) in [4.78, 5) is 26.7. The van der Waals surface area contributed by atoms with Crippen molar-refractivity contribution in [3.05, 3.63) is 111 Å². The predicted molar refractivity (Wildman–Crippen MR) is 172 cm³/mol. The van der Waals surface area contributed by atoms with Gasteiger partial charge in [0.15, 0.2) is 0 Å². The Balaban J connectivity index is 0.000000256. The molecule has 0 saturated heterocycles. The van der Waals surface area contributed by atoms with Crippen molar-refractivity contribution >= 4 is 22.4 Å². The van der Waals surface area contributed by atoms with Gasteiger partial charge in [0, 0.05) is 29.4 Å². The third kappa shape index (κ3) is 6.78. The van der Waals surface area contributed by atoms with E-state index in [0.717, 1.165) is 30.9 Å². The standard InChI is InChI=1S/C25H27F2N3O2.C11H14FN/c1-3-12-30-14(2)20(22-19(28)11-10-18(27)21(22)25(30)32)24(31)29-23(15-6-4-7-15)16-8-5-9-17(26)13-16;12-10-6-2-5-9(7-10)11(13)8-3-1-4-8/h5,8-11,13,15,23H,3-4,6-7,12,28H2,1-2H3,(H,29,31);2,5-8,11H,1,3-4,13H2/t23-;11-/m00/s1/i27-1;. The molecule has 2 fully saturated rings. The Labute approximate surface area is 261 Å². The highest BCUT2D eigenvalue weighted by molar-refractivity contribution is 6.12. The number of amides is 1. The van der Waals surface area contributed by atoms with Gasteiger partial charge in [0.05, 0.1) is 17.0 Å². The summed E-state index contributed by atoms with van der Waals surface area (Å²) in [5.74, 6) is -0.961. The minimum Gasteiger partial charge on any atom is -0.398 e. The summed E-state index contributed by atoms with van der Waals surface area (Å²) in [6, 6.07) is 15.0. The first-order chi connectivity index (χ1) is 21.6. The van der Waals surface area contributed by atoms with Gasteiger partial charge in [-0.1, -0.05) is 44.0 Å². The highest BCUT2D eigenvalue weighted by atomic mass is 19.1. The number of nitrogens with two attached hydrogens (primary N) is 2. The van der Waals surface area contributed by atoms with E-state index in [2.05, 4.69) is 5.32 Å². The lowest BCUT2D eigenvalue weighted by Crippen LogP contribution is -2.38. The number of nitrogens with one attached hydrogen (secondary N) is 1. The molecule has 0 spiro atoms. The molecule has 1 aromatic heterocycles. The van der Waals surface area contributed by atoms with Crippen LogP contribution in [0.2, 0.25) is 0 Å². The normalized spacial score (nSPS) is 16.2. The zero-order valence-corrected chi connectivity index (χ0v) is 25.8. The van der Waals surface area contributed by atoms with Gasteiger partial charge in [-0.05, 0) is 98.4 Å². The van der Waals surface area contributed by atoms with Crippen molar-refractivity contribution in [3.8, 4) is 0 Å². The van der Waals surface area contributed by atoms with Gasteiger partial charge in [-0.2, -0.15) is 0 Å². The van der Waals surface area contributed by atoms with E-state index in [1.165, 1.54) is 48.1 Å². The number of carbonyl (C=O) groups is 1. The van der Waals surface area contributed by atoms with Crippen molar-refractivity contribution in [2.24, 2.45) is 17.6 Å². The van der Waals surface area contributed by atoms with Crippen molar-refractivity contribution in [2.45, 2.75) is 77.4 Å². The van der Waals surface area contributed by atoms with Crippen LogP contribution in [0.3, 0.4) is 0 Å². The molecule has 9 heteroatoms. The van der Waals surface area contributed by atoms with Gasteiger partial charge in [0.1, 0.15) is 17.5 Å². The summed E-state index contributed by atoms with van der Waals surface area (Å²) in [7, 11) is 0. The summed E-state index contributed by atoms with van der Waals surface area (Å²) in [5.41, 5.74) is 14.1. The minimum atomic E-state index is -0.709. The molecule has 0 radical (unpaired) electrons. The monoisotopic (exact) mass is 617 g/mol. The molecule has 6 rings (SSSR count). The van der Waals surface area contributed by atoms with E-state index >= 15 is 0 Å². The summed E-state index contributed by atoms with van der Waals surface area (Å²) in [6.45, 7) is 3.93. The molecule has 2 aliphatic carbocycles. The second-order valence-electron chi connectivity index (χ2n) is 12.3. The Hall–Kier alpha value is -4.11. The topological polar surface area (TPSA) is 103 Å². The van der Waals surface area contributed by atoms with Gasteiger partial charge in [0.2, 0.25) is 0 Å². The van der Waals surface area contributed by atoms with Crippen molar-refractivity contribution in [1.82, 2.24) is 9.88 Å². The number of nitrogen functional groups attached to an aromatic ring is 1. The number of aromatic nitrogens is 1. The van der Waals surface area contributed by atoms with Crippen LogP contribution in [0, 0.1) is 36.2 Å². The van der Waals surface area contributed by atoms with Gasteiger partial charge in [-0.3, -0.25) is 9.59 Å². The number of halogens is 3. The zero-order valence-electron chi connectivity index (χ0n) is 25.8. The number of hydrogen-bond acceptors (Lipinski definition) is 4. The molecule has 0 unspecified atom stereocenters. The van der Waals surface area contributed by atoms with E-state index in [1.54, 1.807) is 31.2 Å². The molecule has 45 heavy (non-hydrogen) atoms. The lowest BCUT2D eigenvalue weighted by atomic mass is 9.77. The number of benzene rings is 3. The molecule has 2 atom stereocenters. The fraction of sp³-hybridized carbons (Fsp3) is 0.389. The van der Waals surface area contributed by atoms with Gasteiger partial charge >= 0.3 is 0 Å². The number of fused-ring (bicyclic) bond motifs is 1. The Morgan fingerprint density at radius 2 is 1.51 bits per heavy atom. The molecular formula is C36H41F3N4O2. The molecule has 2 saturated carbocycles. The number of hydrogen-bond donors (Lipinski definition) is 3. The molecule has 0 bridgehead atoms. The predicted octanol–water partition coefficient (Wildman–Crippen LogP) is 7.48. The van der Waals surface area contributed by atoms with Gasteiger partial charge < -0.3 is 21.4 Å². The zero-order chi connectivity index (χ0) is 32.2. The van der Waals surface area contributed by atoms with Crippen molar-refractivity contribution in [1.29, 1.82) is 0 Å². The minimum absolute atomic E-state index is 0.0319. The van der Waals surface area contributed by atoms with Gasteiger partial charge in [0.25, 0.3) is 11.5 Å². The van der Waals surface area contributed by atoms with E-state index in [-0.39, 0.29) is 51.7 Å². The molecular weight excluding hydrogens is 576 g/mol. The molecule has 1 heterocycles. The number of carbonyl (C=O) groups excluding carboxylic acids is 1. The largest absolute Gasteiger partial charge is 0.398 e. The first-order valence-electron chi connectivity index (χ1n) is 15.8. The molecule has 0 aliphatic heterocycles. The van der Waals surface area contributed by atoms with Crippen LogP contribution in [0.4, 0.5) is 18.9 Å². The molecule has 5 N–H and O–H groups in total. The summed E-state index contributed by atoms with van der Waals surface area (Å²) in [6.07, 6.45) is 7.20. The van der Waals surface area contributed by atoms with Crippen LogP contribution < -0.4 is 22.3 Å². The van der Waals surface area contributed by atoms with Crippen molar-refractivity contribution < 1.29 is 18.0 Å². The lowest BCUT2D eigenvalue weighted by molar-refractivity contribution is 0.0900. The SMILES string of the molecule is CCCn1c(C)c(C(=O)N[C@H](c2cccc(F)c2)C2CCC2)c2c(N)ccc([18F])c2c1=O.N[C@H](c1cccc(F)c1)C1CCC1. The van der Waals surface area contributed by atoms with Gasteiger partial charge in [-0.15, -0.1) is 0 Å². The van der Waals surface area contributed by atoms with Crippen molar-refractivity contribution in [3.63, 3.8) is 0 Å². The van der Waals surface area contributed by atoms with Crippen LogP contribution in [0.5, 0.6) is 0 Å². The van der Waals surface area contributed by atoms with Crippen LogP contribution in [0.15, 0.2) is 65.5 Å². The maximum Gasteiger partial charge on any atom is 0.261 e. The van der Waals surface area contributed by atoms with Crippen LogP contribution in [0.25, 0.3) is 10.8 Å².